The number of nitrogens with one attached hydrogen (secondary N) is 3. The van der Waals surface area contributed by atoms with Gasteiger partial charge in [0.25, 0.3) is 11.8 Å². The number of benzene rings is 2. The Labute approximate surface area is 188 Å². The van der Waals surface area contributed by atoms with Crippen LogP contribution in [0.4, 0.5) is 10.5 Å². The first-order chi connectivity index (χ1) is 15.4. The second-order valence-electron chi connectivity index (χ2n) is 8.04. The van der Waals surface area contributed by atoms with Gasteiger partial charge in [-0.25, -0.2) is 4.79 Å². The van der Waals surface area contributed by atoms with Gasteiger partial charge in [-0.1, -0.05) is 18.2 Å². The lowest BCUT2D eigenvalue weighted by Crippen LogP contribution is -2.39. The molecular formula is C24H30N4O4. The molecule has 3 N–H and O–H groups in total. The van der Waals surface area contributed by atoms with E-state index in [-0.39, 0.29) is 30.5 Å². The molecule has 0 aromatic heterocycles. The van der Waals surface area contributed by atoms with Crippen molar-refractivity contribution in [1.29, 1.82) is 0 Å². The largest absolute Gasteiger partial charge is 0.484 e. The van der Waals surface area contributed by atoms with Crippen molar-refractivity contribution in [2.75, 3.05) is 25.0 Å². The average molecular weight is 439 g/mol. The van der Waals surface area contributed by atoms with Crippen LogP contribution in [0.2, 0.25) is 0 Å². The minimum atomic E-state index is -0.257. The number of carbonyl (C=O) groups excluding carboxylic acids is 3. The smallest absolute Gasteiger partial charge is 0.315 e. The fourth-order valence-corrected chi connectivity index (χ4v) is 3.34. The molecule has 1 aliphatic heterocycles. The lowest BCUT2D eigenvalue weighted by molar-refractivity contribution is -0.132. The van der Waals surface area contributed by atoms with Crippen LogP contribution in [0.1, 0.15) is 42.6 Å². The van der Waals surface area contributed by atoms with Crippen LogP contribution < -0.4 is 20.7 Å². The third-order valence-corrected chi connectivity index (χ3v) is 5.00. The molecule has 32 heavy (non-hydrogen) atoms. The first kappa shape index (κ1) is 23.1. The van der Waals surface area contributed by atoms with Crippen molar-refractivity contribution in [3.8, 4) is 5.75 Å². The molecule has 0 atom stereocenters. The van der Waals surface area contributed by atoms with E-state index in [0.717, 1.165) is 31.5 Å². The normalized spacial score (nSPS) is 13.0. The van der Waals surface area contributed by atoms with Crippen LogP contribution in [0.15, 0.2) is 48.5 Å². The molecule has 3 rings (SSSR count). The zero-order valence-electron chi connectivity index (χ0n) is 18.5. The quantitative estimate of drug-likeness (QED) is 0.590. The Morgan fingerprint density at radius 1 is 1.03 bits per heavy atom. The van der Waals surface area contributed by atoms with E-state index < -0.39 is 0 Å². The van der Waals surface area contributed by atoms with Gasteiger partial charge >= 0.3 is 6.03 Å². The average Bonchev–Trinajstić information content (AvgIpc) is 3.31. The van der Waals surface area contributed by atoms with Crippen molar-refractivity contribution in [3.05, 3.63) is 59.7 Å². The maximum Gasteiger partial charge on any atom is 0.315 e. The minimum Gasteiger partial charge on any atom is -0.484 e. The standard InChI is InChI=1S/C24H30N4O4/c1-17(2)26-24(31)25-15-18-8-10-19(11-9-18)23(30)27-20-6-5-7-21(14-20)32-16-22(29)28-12-3-4-13-28/h5-11,14,17H,3-4,12-13,15-16H2,1-2H3,(H,27,30)(H2,25,26,31). The minimum absolute atomic E-state index is 0.0118. The molecule has 2 aromatic rings. The van der Waals surface area contributed by atoms with E-state index in [0.29, 0.717) is 23.5 Å². The van der Waals surface area contributed by atoms with Gasteiger partial charge in [0.2, 0.25) is 0 Å². The molecule has 0 aliphatic carbocycles. The number of carbonyl (C=O) groups is 3. The van der Waals surface area contributed by atoms with E-state index in [1.807, 2.05) is 18.7 Å². The topological polar surface area (TPSA) is 99.8 Å². The number of amides is 4. The molecular weight excluding hydrogens is 408 g/mol. The van der Waals surface area contributed by atoms with E-state index >= 15 is 0 Å². The first-order valence-electron chi connectivity index (χ1n) is 10.9. The van der Waals surface area contributed by atoms with Crippen molar-refractivity contribution in [2.24, 2.45) is 0 Å². The highest BCUT2D eigenvalue weighted by Gasteiger charge is 2.18. The highest BCUT2D eigenvalue weighted by Crippen LogP contribution is 2.19. The summed E-state index contributed by atoms with van der Waals surface area (Å²) < 4.78 is 5.61. The second-order valence-corrected chi connectivity index (χ2v) is 8.04. The number of urea groups is 1. The van der Waals surface area contributed by atoms with Crippen molar-refractivity contribution in [3.63, 3.8) is 0 Å². The number of anilines is 1. The second kappa shape index (κ2) is 11.2. The first-order valence-corrected chi connectivity index (χ1v) is 10.9. The van der Waals surface area contributed by atoms with Gasteiger partial charge in [-0.15, -0.1) is 0 Å². The number of hydrogen-bond acceptors (Lipinski definition) is 4. The molecule has 8 nitrogen and oxygen atoms in total. The van der Waals surface area contributed by atoms with Gasteiger partial charge in [0.15, 0.2) is 6.61 Å². The van der Waals surface area contributed by atoms with E-state index in [1.54, 1.807) is 48.5 Å². The Balaban J connectivity index is 1.50. The van der Waals surface area contributed by atoms with E-state index in [4.69, 9.17) is 4.74 Å². The van der Waals surface area contributed by atoms with Crippen molar-refractivity contribution in [1.82, 2.24) is 15.5 Å². The van der Waals surface area contributed by atoms with E-state index in [2.05, 4.69) is 16.0 Å². The van der Waals surface area contributed by atoms with E-state index in [9.17, 15) is 14.4 Å². The molecule has 0 radical (unpaired) electrons. The van der Waals surface area contributed by atoms with Gasteiger partial charge in [-0.05, 0) is 56.5 Å². The Morgan fingerprint density at radius 3 is 2.44 bits per heavy atom. The molecule has 8 heteroatoms. The van der Waals surface area contributed by atoms with Crippen molar-refractivity contribution < 1.29 is 19.1 Å². The lowest BCUT2D eigenvalue weighted by Gasteiger charge is -2.15. The zero-order chi connectivity index (χ0) is 22.9. The van der Waals surface area contributed by atoms with Crippen LogP contribution in [0.3, 0.4) is 0 Å². The lowest BCUT2D eigenvalue weighted by atomic mass is 10.1. The van der Waals surface area contributed by atoms with Crippen LogP contribution in [-0.4, -0.2) is 48.5 Å². The molecule has 1 saturated heterocycles. The molecule has 1 aliphatic rings. The molecule has 0 unspecified atom stereocenters. The molecule has 1 heterocycles. The molecule has 2 aromatic carbocycles. The third kappa shape index (κ3) is 7.01. The Hall–Kier alpha value is -3.55. The summed E-state index contributed by atoms with van der Waals surface area (Å²) in [6, 6.07) is 13.8. The Morgan fingerprint density at radius 2 is 1.75 bits per heavy atom. The highest BCUT2D eigenvalue weighted by molar-refractivity contribution is 6.04. The van der Waals surface area contributed by atoms with Crippen LogP contribution in [-0.2, 0) is 11.3 Å². The number of nitrogens with zero attached hydrogens (tertiary/aromatic N) is 1. The van der Waals surface area contributed by atoms with Gasteiger partial charge in [0, 0.05) is 43.0 Å². The molecule has 0 spiro atoms. The summed E-state index contributed by atoms with van der Waals surface area (Å²) >= 11 is 0. The highest BCUT2D eigenvalue weighted by atomic mass is 16.5. The fraction of sp³-hybridized carbons (Fsp3) is 0.375. The van der Waals surface area contributed by atoms with Gasteiger partial charge in [-0.2, -0.15) is 0 Å². The Kier molecular flexibility index (Phi) is 8.08. The number of rotatable bonds is 8. The molecule has 170 valence electrons. The maximum atomic E-state index is 12.6. The van der Waals surface area contributed by atoms with Crippen LogP contribution in [0, 0.1) is 0 Å². The summed E-state index contributed by atoms with van der Waals surface area (Å²) in [5.41, 5.74) is 1.96. The van der Waals surface area contributed by atoms with Crippen molar-refractivity contribution in [2.45, 2.75) is 39.3 Å². The summed E-state index contributed by atoms with van der Waals surface area (Å²) in [6.45, 7) is 5.72. The van der Waals surface area contributed by atoms with Crippen LogP contribution in [0.25, 0.3) is 0 Å². The predicted molar refractivity (Wildman–Crippen MR) is 123 cm³/mol. The number of likely N-dealkylation sites (tertiary alicyclic amines) is 1. The number of ether oxygens (including phenoxy) is 1. The summed E-state index contributed by atoms with van der Waals surface area (Å²) in [7, 11) is 0. The van der Waals surface area contributed by atoms with Crippen LogP contribution in [0.5, 0.6) is 5.75 Å². The summed E-state index contributed by atoms with van der Waals surface area (Å²) in [6.07, 6.45) is 2.08. The van der Waals surface area contributed by atoms with E-state index in [1.165, 1.54) is 0 Å². The molecule has 0 saturated carbocycles. The summed E-state index contributed by atoms with van der Waals surface area (Å²) in [5, 5.41) is 8.37. The van der Waals surface area contributed by atoms with Gasteiger partial charge in [-0.3, -0.25) is 9.59 Å². The molecule has 4 amide bonds. The Bertz CT molecular complexity index is 937. The number of hydrogen-bond donors (Lipinski definition) is 3. The monoisotopic (exact) mass is 438 g/mol. The van der Waals surface area contributed by atoms with Gasteiger partial charge < -0.3 is 25.6 Å². The maximum absolute atomic E-state index is 12.6. The fourth-order valence-electron chi connectivity index (χ4n) is 3.34. The van der Waals surface area contributed by atoms with Gasteiger partial charge in [0.05, 0.1) is 0 Å². The third-order valence-electron chi connectivity index (χ3n) is 5.00. The van der Waals surface area contributed by atoms with Gasteiger partial charge in [0.1, 0.15) is 5.75 Å². The van der Waals surface area contributed by atoms with Crippen LogP contribution >= 0.6 is 0 Å². The predicted octanol–water partition coefficient (Wildman–Crippen LogP) is 3.15. The molecule has 1 fully saturated rings. The SMILES string of the molecule is CC(C)NC(=O)NCc1ccc(C(=O)Nc2cccc(OCC(=O)N3CCCC3)c2)cc1. The molecule has 0 bridgehead atoms. The summed E-state index contributed by atoms with van der Waals surface area (Å²) in [4.78, 5) is 38.2. The summed E-state index contributed by atoms with van der Waals surface area (Å²) in [5.74, 6) is 0.247. The zero-order valence-corrected chi connectivity index (χ0v) is 18.5. The van der Waals surface area contributed by atoms with Crippen molar-refractivity contribution >= 4 is 23.5 Å².